The fraction of sp³-hybridized carbons (Fsp3) is 0.318. The molecule has 0 radical (unpaired) electrons. The lowest BCUT2D eigenvalue weighted by molar-refractivity contribution is -0.126. The molecule has 3 heterocycles. The number of imide groups is 1. The molecule has 2 aliphatic rings. The van der Waals surface area contributed by atoms with Crippen molar-refractivity contribution < 1.29 is 14.7 Å². The van der Waals surface area contributed by atoms with E-state index in [0.717, 1.165) is 22.3 Å². The van der Waals surface area contributed by atoms with E-state index in [4.69, 9.17) is 0 Å². The number of carbonyl (C=O) groups excluding carboxylic acids is 2. The van der Waals surface area contributed by atoms with Gasteiger partial charge in [-0.3, -0.25) is 14.9 Å². The van der Waals surface area contributed by atoms with Crippen LogP contribution in [-0.4, -0.2) is 39.0 Å². The number of hydrogen-bond donors (Lipinski definition) is 3. The number of rotatable bonds is 4. The van der Waals surface area contributed by atoms with Gasteiger partial charge < -0.3 is 10.5 Å². The van der Waals surface area contributed by atoms with E-state index in [1.54, 1.807) is 35.5 Å². The number of nitrogens with zero attached hydrogens (tertiary/aromatic N) is 2. The minimum Gasteiger partial charge on any atom is -0.386 e. The van der Waals surface area contributed by atoms with Crippen LogP contribution >= 0.6 is 0 Å². The lowest BCUT2D eigenvalue weighted by Crippen LogP contribution is -2.55. The molecule has 7 nitrogen and oxygen atoms in total. The Morgan fingerprint density at radius 3 is 2.48 bits per heavy atom. The van der Waals surface area contributed by atoms with Gasteiger partial charge in [-0.15, -0.1) is 0 Å². The number of aromatic nitrogens is 1. The Bertz CT molecular complexity index is 966. The van der Waals surface area contributed by atoms with Gasteiger partial charge in [-0.1, -0.05) is 35.9 Å². The van der Waals surface area contributed by atoms with Crippen LogP contribution in [-0.2, 0) is 9.59 Å². The van der Waals surface area contributed by atoms with Crippen LogP contribution in [0.1, 0.15) is 28.4 Å². The number of amides is 2. The number of aryl methyl sites for hydroxylation is 3. The summed E-state index contributed by atoms with van der Waals surface area (Å²) in [4.78, 5) is 29.0. The van der Waals surface area contributed by atoms with E-state index in [2.05, 4.69) is 15.7 Å². The molecule has 1 aromatic heterocycles. The van der Waals surface area contributed by atoms with E-state index >= 15 is 0 Å². The van der Waals surface area contributed by atoms with Crippen molar-refractivity contribution in [3.05, 3.63) is 70.9 Å². The van der Waals surface area contributed by atoms with Gasteiger partial charge in [0.1, 0.15) is 18.0 Å². The number of aliphatic hydroxyl groups excluding tert-OH is 1. The monoisotopic (exact) mass is 392 g/mol. The van der Waals surface area contributed by atoms with Crippen molar-refractivity contribution in [1.82, 2.24) is 15.3 Å². The summed E-state index contributed by atoms with van der Waals surface area (Å²) in [6.07, 6.45) is 4.25. The Morgan fingerprint density at radius 1 is 1.10 bits per heavy atom. The first-order chi connectivity index (χ1) is 13.9. The van der Waals surface area contributed by atoms with E-state index in [-0.39, 0.29) is 11.8 Å². The summed E-state index contributed by atoms with van der Waals surface area (Å²) in [5.41, 5.74) is 7.06. The van der Waals surface area contributed by atoms with Crippen LogP contribution in [0.4, 0.5) is 5.82 Å². The van der Waals surface area contributed by atoms with Crippen molar-refractivity contribution in [2.24, 2.45) is 5.92 Å². The van der Waals surface area contributed by atoms with Crippen LogP contribution < -0.4 is 10.7 Å². The average molecular weight is 392 g/mol. The molecule has 0 saturated carbocycles. The molecule has 1 saturated heterocycles. The van der Waals surface area contributed by atoms with Crippen LogP contribution in [0.3, 0.4) is 0 Å². The number of hydrazine groups is 1. The zero-order valence-electron chi connectivity index (χ0n) is 16.6. The number of carbonyl (C=O) groups is 2. The number of nitrogens with one attached hydrogen (secondary N) is 2. The largest absolute Gasteiger partial charge is 0.386 e. The van der Waals surface area contributed by atoms with Crippen molar-refractivity contribution >= 4 is 17.6 Å². The summed E-state index contributed by atoms with van der Waals surface area (Å²) in [6.45, 7) is 5.96. The maximum atomic E-state index is 12.6. The highest BCUT2D eigenvalue weighted by Gasteiger charge is 2.49. The first-order valence-corrected chi connectivity index (χ1v) is 9.61. The molecule has 4 atom stereocenters. The van der Waals surface area contributed by atoms with E-state index < -0.39 is 24.1 Å². The molecule has 2 amide bonds. The highest BCUT2D eigenvalue weighted by molar-refractivity contribution is 6.08. The summed E-state index contributed by atoms with van der Waals surface area (Å²) in [6, 6.07) is 8.13. The van der Waals surface area contributed by atoms with E-state index in [9.17, 15) is 14.7 Å². The van der Waals surface area contributed by atoms with Crippen LogP contribution in [0.15, 0.2) is 48.7 Å². The second-order valence-corrected chi connectivity index (χ2v) is 7.69. The minimum absolute atomic E-state index is 0.334. The second kappa shape index (κ2) is 7.42. The second-order valence-electron chi connectivity index (χ2n) is 7.69. The van der Waals surface area contributed by atoms with Crippen molar-refractivity contribution in [2.45, 2.75) is 39.0 Å². The molecule has 1 aromatic carbocycles. The Labute approximate surface area is 169 Å². The molecule has 3 N–H and O–H groups in total. The molecule has 0 aliphatic carbocycles. The van der Waals surface area contributed by atoms with Crippen molar-refractivity contribution in [3.63, 3.8) is 0 Å². The van der Waals surface area contributed by atoms with Gasteiger partial charge in [-0.05, 0) is 49.6 Å². The number of fused-ring (bicyclic) bond motifs is 1. The molecule has 4 unspecified atom stereocenters. The molecular formula is C22H24N4O3. The topological polar surface area (TPSA) is 94.6 Å². The molecule has 150 valence electrons. The Hall–Kier alpha value is -3.03. The van der Waals surface area contributed by atoms with E-state index in [1.165, 1.54) is 0 Å². The molecule has 4 rings (SSSR count). The minimum atomic E-state index is -0.896. The molecule has 29 heavy (non-hydrogen) atoms. The van der Waals surface area contributed by atoms with Crippen molar-refractivity contribution in [3.8, 4) is 0 Å². The van der Waals surface area contributed by atoms with Gasteiger partial charge >= 0.3 is 0 Å². The zero-order valence-corrected chi connectivity index (χ0v) is 16.6. The van der Waals surface area contributed by atoms with Crippen molar-refractivity contribution in [2.75, 3.05) is 5.43 Å². The third kappa shape index (κ3) is 3.43. The molecule has 0 bridgehead atoms. The molecule has 0 spiro atoms. The Balaban J connectivity index is 1.76. The third-order valence-electron chi connectivity index (χ3n) is 5.56. The quantitative estimate of drug-likeness (QED) is 0.544. The fourth-order valence-electron chi connectivity index (χ4n) is 4.38. The number of benzene rings is 1. The molecule has 7 heteroatoms. The van der Waals surface area contributed by atoms with Gasteiger partial charge in [0.15, 0.2) is 0 Å². The van der Waals surface area contributed by atoms with Gasteiger partial charge in [-0.2, -0.15) is 5.01 Å². The molecule has 1 fully saturated rings. The van der Waals surface area contributed by atoms with Gasteiger partial charge in [-0.25, -0.2) is 4.98 Å². The zero-order chi connectivity index (χ0) is 20.7. The van der Waals surface area contributed by atoms with Crippen LogP contribution in [0, 0.1) is 26.7 Å². The van der Waals surface area contributed by atoms with Crippen LogP contribution in [0.2, 0.25) is 0 Å². The summed E-state index contributed by atoms with van der Waals surface area (Å²) in [5, 5.41) is 15.4. The van der Waals surface area contributed by atoms with Gasteiger partial charge in [0, 0.05) is 6.20 Å². The maximum absolute atomic E-state index is 12.6. The van der Waals surface area contributed by atoms with Gasteiger partial charge in [0.25, 0.3) is 0 Å². The smallest absolute Gasteiger partial charge is 0.246 e. The van der Waals surface area contributed by atoms with E-state index in [1.807, 2.05) is 39.0 Å². The Morgan fingerprint density at radius 2 is 1.83 bits per heavy atom. The first-order valence-electron chi connectivity index (χ1n) is 9.61. The average Bonchev–Trinajstić information content (AvgIpc) is 2.96. The molecular weight excluding hydrogens is 368 g/mol. The number of anilines is 1. The summed E-state index contributed by atoms with van der Waals surface area (Å²) < 4.78 is 0. The predicted molar refractivity (Wildman–Crippen MR) is 109 cm³/mol. The van der Waals surface area contributed by atoms with Gasteiger partial charge in [0.05, 0.1) is 12.0 Å². The molecule has 2 aromatic rings. The van der Waals surface area contributed by atoms with Crippen molar-refractivity contribution in [1.29, 1.82) is 0 Å². The normalized spacial score (nSPS) is 24.9. The fourth-order valence-corrected chi connectivity index (χ4v) is 4.38. The summed E-state index contributed by atoms with van der Waals surface area (Å²) in [7, 11) is 0. The highest BCUT2D eigenvalue weighted by atomic mass is 16.3. The summed E-state index contributed by atoms with van der Waals surface area (Å²) in [5.74, 6) is -0.798. The first kappa shape index (κ1) is 19.3. The molecule has 2 aliphatic heterocycles. The van der Waals surface area contributed by atoms with Crippen LogP contribution in [0.25, 0.3) is 0 Å². The number of aliphatic hydroxyl groups is 1. The summed E-state index contributed by atoms with van der Waals surface area (Å²) >= 11 is 0. The number of hydrogen-bond acceptors (Lipinski definition) is 6. The van der Waals surface area contributed by atoms with Gasteiger partial charge in [0.2, 0.25) is 11.8 Å². The standard InChI is InChI=1S/C22H24N4O3/c1-12-10-13(2)18(14(3)11-12)20(27)16-8-7-15-19(22(29)24-21(15)28)26(16)25-17-6-4-5-9-23-17/h4-11,15-16,19-20,27H,1-3H3,(H,23,25)(H,24,28,29). The lowest BCUT2D eigenvalue weighted by Gasteiger charge is -2.40. The lowest BCUT2D eigenvalue weighted by atomic mass is 9.87. The van der Waals surface area contributed by atoms with Crippen LogP contribution in [0.5, 0.6) is 0 Å². The third-order valence-corrected chi connectivity index (χ3v) is 5.56. The maximum Gasteiger partial charge on any atom is 0.246 e. The SMILES string of the molecule is Cc1cc(C)c(C(O)C2C=CC3C(=O)NC(=O)C3N2Nc2ccccn2)c(C)c1. The highest BCUT2D eigenvalue weighted by Crippen LogP contribution is 2.35. The number of pyridine rings is 1. The Kier molecular flexibility index (Phi) is 4.94. The van der Waals surface area contributed by atoms with E-state index in [0.29, 0.717) is 5.82 Å². The predicted octanol–water partition coefficient (Wildman–Crippen LogP) is 1.95.